The Kier molecular flexibility index (Phi) is 6.70. The second-order valence-corrected chi connectivity index (χ2v) is 6.35. The van der Waals surface area contributed by atoms with Crippen LogP contribution in [0.3, 0.4) is 0 Å². The van der Waals surface area contributed by atoms with Crippen LogP contribution < -0.4 is 14.9 Å². The standard InChI is InChI=1S/C18H17BClFN2O5/c1-2-3-25-4-5-26-17-11(9-22)6-14(20)18(23-17)28-16-7-12-10-27-19(24)13(12)8-15(16)21/h6-8,24H,2-5,10H2,1H3. The number of hydrogen-bond acceptors (Lipinski definition) is 7. The van der Waals surface area contributed by atoms with Crippen LogP contribution in [0.4, 0.5) is 4.39 Å². The Bertz CT molecular complexity index is 909. The summed E-state index contributed by atoms with van der Waals surface area (Å²) in [6.45, 7) is 3.25. The molecule has 1 aromatic heterocycles. The fourth-order valence-electron chi connectivity index (χ4n) is 2.57. The number of benzene rings is 1. The summed E-state index contributed by atoms with van der Waals surface area (Å²) < 4.78 is 35.7. The van der Waals surface area contributed by atoms with Gasteiger partial charge in [0, 0.05) is 6.61 Å². The minimum atomic E-state index is -1.16. The van der Waals surface area contributed by atoms with Gasteiger partial charge in [0.25, 0.3) is 0 Å². The Hall–Kier alpha value is -2.38. The minimum absolute atomic E-state index is 0.0160. The maximum atomic E-state index is 14.3. The van der Waals surface area contributed by atoms with Crippen molar-refractivity contribution in [1.82, 2.24) is 4.98 Å². The predicted octanol–water partition coefficient (Wildman–Crippen LogP) is 2.56. The molecular weight excluding hydrogens is 389 g/mol. The fourth-order valence-corrected chi connectivity index (χ4v) is 2.76. The Morgan fingerprint density at radius 2 is 2.14 bits per heavy atom. The molecule has 146 valence electrons. The third-order valence-electron chi connectivity index (χ3n) is 3.91. The van der Waals surface area contributed by atoms with Gasteiger partial charge < -0.3 is 23.9 Å². The molecule has 1 aliphatic heterocycles. The number of hydrogen-bond donors (Lipinski definition) is 1. The molecule has 2 heterocycles. The highest BCUT2D eigenvalue weighted by Crippen LogP contribution is 2.33. The van der Waals surface area contributed by atoms with Crippen molar-refractivity contribution in [2.75, 3.05) is 19.8 Å². The summed E-state index contributed by atoms with van der Waals surface area (Å²) in [7, 11) is -1.16. The van der Waals surface area contributed by atoms with Gasteiger partial charge in [-0.1, -0.05) is 18.5 Å². The molecule has 0 aliphatic carbocycles. The second-order valence-electron chi connectivity index (χ2n) is 5.95. The largest absolute Gasteiger partial charge is 0.491 e. The molecule has 0 atom stereocenters. The van der Waals surface area contributed by atoms with E-state index in [-0.39, 0.29) is 41.3 Å². The Morgan fingerprint density at radius 1 is 1.32 bits per heavy atom. The first kappa shape index (κ1) is 20.4. The summed E-state index contributed by atoms with van der Waals surface area (Å²) in [5.74, 6) is -0.931. The molecule has 2 aromatic rings. The van der Waals surface area contributed by atoms with Crippen LogP contribution in [0.15, 0.2) is 18.2 Å². The molecule has 10 heteroatoms. The maximum Gasteiger partial charge on any atom is 0.491 e. The molecule has 1 N–H and O–H groups in total. The first-order chi connectivity index (χ1) is 13.5. The zero-order chi connectivity index (χ0) is 20.1. The van der Waals surface area contributed by atoms with Gasteiger partial charge in [-0.05, 0) is 35.6 Å². The van der Waals surface area contributed by atoms with Gasteiger partial charge in [0.15, 0.2) is 11.6 Å². The van der Waals surface area contributed by atoms with Crippen LogP contribution in [0.5, 0.6) is 17.5 Å². The molecule has 0 bridgehead atoms. The van der Waals surface area contributed by atoms with Crippen LogP contribution in [-0.4, -0.2) is 36.9 Å². The highest BCUT2D eigenvalue weighted by molar-refractivity contribution is 6.61. The molecule has 1 aromatic carbocycles. The lowest BCUT2D eigenvalue weighted by Crippen LogP contribution is -2.28. The molecule has 3 rings (SSSR count). The van der Waals surface area contributed by atoms with E-state index in [0.717, 1.165) is 12.5 Å². The number of nitriles is 1. The van der Waals surface area contributed by atoms with Crippen LogP contribution in [0.25, 0.3) is 0 Å². The van der Waals surface area contributed by atoms with Crippen molar-refractivity contribution in [3.05, 3.63) is 40.2 Å². The zero-order valence-electron chi connectivity index (χ0n) is 15.1. The van der Waals surface area contributed by atoms with E-state index in [4.69, 9.17) is 30.5 Å². The number of ether oxygens (including phenoxy) is 3. The average molecular weight is 407 g/mol. The smallest absolute Gasteiger partial charge is 0.474 e. The van der Waals surface area contributed by atoms with Crippen LogP contribution in [-0.2, 0) is 16.0 Å². The van der Waals surface area contributed by atoms with Crippen LogP contribution in [0.2, 0.25) is 5.02 Å². The van der Waals surface area contributed by atoms with E-state index >= 15 is 0 Å². The summed E-state index contributed by atoms with van der Waals surface area (Å²) in [5.41, 5.74) is 1.07. The molecule has 28 heavy (non-hydrogen) atoms. The highest BCUT2D eigenvalue weighted by Gasteiger charge is 2.29. The predicted molar refractivity (Wildman–Crippen MR) is 99.4 cm³/mol. The Labute approximate surface area is 166 Å². The number of nitrogens with zero attached hydrogens (tertiary/aromatic N) is 2. The zero-order valence-corrected chi connectivity index (χ0v) is 15.8. The first-order valence-electron chi connectivity index (χ1n) is 8.64. The monoisotopic (exact) mass is 406 g/mol. The second kappa shape index (κ2) is 9.21. The summed E-state index contributed by atoms with van der Waals surface area (Å²) in [6, 6.07) is 5.83. The average Bonchev–Trinajstić information content (AvgIpc) is 3.03. The number of pyridine rings is 1. The quantitative estimate of drug-likeness (QED) is 0.532. The van der Waals surface area contributed by atoms with Crippen molar-refractivity contribution in [2.24, 2.45) is 0 Å². The van der Waals surface area contributed by atoms with E-state index in [0.29, 0.717) is 24.2 Å². The van der Waals surface area contributed by atoms with Gasteiger partial charge in [-0.2, -0.15) is 10.2 Å². The van der Waals surface area contributed by atoms with E-state index in [1.807, 2.05) is 13.0 Å². The molecule has 0 saturated carbocycles. The van der Waals surface area contributed by atoms with Gasteiger partial charge in [-0.15, -0.1) is 0 Å². The number of rotatable bonds is 8. The summed E-state index contributed by atoms with van der Waals surface area (Å²) in [6.07, 6.45) is 0.884. The van der Waals surface area contributed by atoms with E-state index in [2.05, 4.69) is 4.98 Å². The summed E-state index contributed by atoms with van der Waals surface area (Å²) in [4.78, 5) is 4.10. The van der Waals surface area contributed by atoms with Gasteiger partial charge in [-0.3, -0.25) is 0 Å². The Morgan fingerprint density at radius 3 is 2.89 bits per heavy atom. The lowest BCUT2D eigenvalue weighted by molar-refractivity contribution is 0.0987. The van der Waals surface area contributed by atoms with Crippen molar-refractivity contribution in [1.29, 1.82) is 5.26 Å². The van der Waals surface area contributed by atoms with Crippen molar-refractivity contribution in [3.8, 4) is 23.6 Å². The van der Waals surface area contributed by atoms with Crippen molar-refractivity contribution in [3.63, 3.8) is 0 Å². The maximum absolute atomic E-state index is 14.3. The van der Waals surface area contributed by atoms with E-state index < -0.39 is 12.9 Å². The lowest BCUT2D eigenvalue weighted by atomic mass is 9.79. The number of aromatic nitrogens is 1. The first-order valence-corrected chi connectivity index (χ1v) is 9.02. The minimum Gasteiger partial charge on any atom is -0.474 e. The number of halogens is 2. The Balaban J connectivity index is 1.80. The third-order valence-corrected chi connectivity index (χ3v) is 4.18. The number of fused-ring (bicyclic) bond motifs is 1. The van der Waals surface area contributed by atoms with Gasteiger partial charge in [-0.25, -0.2) is 4.39 Å². The van der Waals surface area contributed by atoms with Gasteiger partial charge >= 0.3 is 7.12 Å². The third kappa shape index (κ3) is 4.54. The van der Waals surface area contributed by atoms with Crippen molar-refractivity contribution in [2.45, 2.75) is 20.0 Å². The van der Waals surface area contributed by atoms with Gasteiger partial charge in [0.1, 0.15) is 23.3 Å². The molecule has 1 aliphatic rings. The summed E-state index contributed by atoms with van der Waals surface area (Å²) in [5, 5.41) is 18.9. The molecule has 0 amide bonds. The molecule has 7 nitrogen and oxygen atoms in total. The normalized spacial score (nSPS) is 12.6. The van der Waals surface area contributed by atoms with E-state index in [9.17, 15) is 14.7 Å². The van der Waals surface area contributed by atoms with Crippen LogP contribution in [0.1, 0.15) is 24.5 Å². The molecule has 0 spiro atoms. The van der Waals surface area contributed by atoms with Crippen molar-refractivity contribution < 1.29 is 28.3 Å². The van der Waals surface area contributed by atoms with Crippen LogP contribution >= 0.6 is 11.6 Å². The van der Waals surface area contributed by atoms with E-state index in [1.165, 1.54) is 12.1 Å². The van der Waals surface area contributed by atoms with Crippen molar-refractivity contribution >= 4 is 24.2 Å². The molecule has 0 saturated heterocycles. The topological polar surface area (TPSA) is 93.8 Å². The van der Waals surface area contributed by atoms with Gasteiger partial charge in [0.2, 0.25) is 11.8 Å². The highest BCUT2D eigenvalue weighted by atomic mass is 35.5. The SMILES string of the molecule is CCCOCCOc1nc(Oc2cc3c(cc2F)B(O)OC3)c(Cl)cc1C#N. The summed E-state index contributed by atoms with van der Waals surface area (Å²) >= 11 is 6.12. The molecule has 0 radical (unpaired) electrons. The lowest BCUT2D eigenvalue weighted by Gasteiger charge is -2.12. The molecular formula is C18H17BClFN2O5. The molecule has 0 fully saturated rings. The fraction of sp³-hybridized carbons (Fsp3) is 0.333. The molecule has 0 unspecified atom stereocenters. The van der Waals surface area contributed by atoms with E-state index in [1.54, 1.807) is 0 Å². The van der Waals surface area contributed by atoms with Gasteiger partial charge in [0.05, 0.1) is 13.2 Å². The van der Waals surface area contributed by atoms with Crippen LogP contribution in [0, 0.1) is 17.1 Å².